The molecule has 0 amide bonds. The van der Waals surface area contributed by atoms with Crippen LogP contribution in [-0.4, -0.2) is 22.6 Å². The molecule has 0 aromatic carbocycles. The van der Waals surface area contributed by atoms with Crippen LogP contribution in [0.2, 0.25) is 0 Å². The Morgan fingerprint density at radius 2 is 2.20 bits per heavy atom. The van der Waals surface area contributed by atoms with Crippen molar-refractivity contribution >= 4 is 11.8 Å². The largest absolute Gasteiger partial charge is 0.480 e. The summed E-state index contributed by atoms with van der Waals surface area (Å²) in [5.74, 6) is -1.74. The first-order valence-electron chi connectivity index (χ1n) is 3.89. The molecule has 1 rings (SSSR count). The molecule has 0 radical (unpaired) electrons. The molecule has 0 aliphatic carbocycles. The molecule has 0 saturated heterocycles. The van der Waals surface area contributed by atoms with E-state index in [1.807, 2.05) is 0 Å². The number of nitrogens with one attached hydrogen (secondary N) is 1. The normalized spacial score (nSPS) is 11.1. The maximum atomic E-state index is 12.3. The Hall–Kier alpha value is -1.79. The Morgan fingerprint density at radius 3 is 2.73 bits per heavy atom. The Bertz CT molecular complexity index is 365. The number of pyridine rings is 1. The second-order valence-electron chi connectivity index (χ2n) is 2.64. The lowest BCUT2D eigenvalue weighted by atomic mass is 10.2. The smallest absolute Gasteiger partial charge is 0.419 e. The Morgan fingerprint density at radius 1 is 1.53 bits per heavy atom. The molecule has 7 heteroatoms. The zero-order chi connectivity index (χ0) is 11.5. The van der Waals surface area contributed by atoms with E-state index >= 15 is 0 Å². The molecular weight excluding hydrogens is 213 g/mol. The van der Waals surface area contributed by atoms with Crippen molar-refractivity contribution in [1.82, 2.24) is 4.98 Å². The van der Waals surface area contributed by atoms with Crippen LogP contribution in [-0.2, 0) is 11.0 Å². The predicted molar refractivity (Wildman–Crippen MR) is 45.4 cm³/mol. The van der Waals surface area contributed by atoms with E-state index in [1.54, 1.807) is 0 Å². The Labute approximate surface area is 82.7 Å². The van der Waals surface area contributed by atoms with Crippen molar-refractivity contribution in [3.8, 4) is 0 Å². The van der Waals surface area contributed by atoms with Gasteiger partial charge in [-0.1, -0.05) is 0 Å². The lowest BCUT2D eigenvalue weighted by Crippen LogP contribution is -2.17. The molecule has 0 spiro atoms. The highest BCUT2D eigenvalue weighted by molar-refractivity contribution is 5.72. The maximum absolute atomic E-state index is 12.3. The molecule has 0 saturated carbocycles. The summed E-state index contributed by atoms with van der Waals surface area (Å²) in [6.45, 7) is -0.611. The molecule has 1 heterocycles. The van der Waals surface area contributed by atoms with Gasteiger partial charge in [0.05, 0.1) is 5.56 Å². The van der Waals surface area contributed by atoms with E-state index < -0.39 is 30.1 Å². The van der Waals surface area contributed by atoms with Gasteiger partial charge in [0.25, 0.3) is 0 Å². The summed E-state index contributed by atoms with van der Waals surface area (Å²) in [6.07, 6.45) is -3.39. The molecule has 1 aromatic rings. The molecule has 15 heavy (non-hydrogen) atoms. The highest BCUT2D eigenvalue weighted by Gasteiger charge is 2.34. The number of carboxylic acid groups (broad SMARTS) is 1. The van der Waals surface area contributed by atoms with Gasteiger partial charge in [0, 0.05) is 6.20 Å². The molecule has 0 aliphatic rings. The van der Waals surface area contributed by atoms with Gasteiger partial charge in [0.1, 0.15) is 12.4 Å². The van der Waals surface area contributed by atoms with Gasteiger partial charge in [0.15, 0.2) is 0 Å². The maximum Gasteiger partial charge on any atom is 0.419 e. The standard InChI is InChI=1S/C8H7F3N2O2/c9-8(10,11)5-2-1-3-12-7(5)13-4-6(14)15/h1-3H,4H2,(H,12,13)(H,14,15). The average Bonchev–Trinajstić information content (AvgIpc) is 2.13. The minimum atomic E-state index is -4.55. The zero-order valence-electron chi connectivity index (χ0n) is 7.38. The summed E-state index contributed by atoms with van der Waals surface area (Å²) in [7, 11) is 0. The van der Waals surface area contributed by atoms with Gasteiger partial charge in [-0.2, -0.15) is 13.2 Å². The van der Waals surface area contributed by atoms with Crippen LogP contribution in [0.4, 0.5) is 19.0 Å². The number of aromatic nitrogens is 1. The Balaban J connectivity index is 2.92. The van der Waals surface area contributed by atoms with Gasteiger partial charge < -0.3 is 10.4 Å². The number of carboxylic acids is 1. The van der Waals surface area contributed by atoms with Crippen molar-refractivity contribution in [3.05, 3.63) is 23.9 Å². The van der Waals surface area contributed by atoms with Crippen molar-refractivity contribution in [2.24, 2.45) is 0 Å². The van der Waals surface area contributed by atoms with E-state index in [2.05, 4.69) is 10.3 Å². The number of hydrogen-bond acceptors (Lipinski definition) is 3. The highest BCUT2D eigenvalue weighted by atomic mass is 19.4. The molecular formula is C8H7F3N2O2. The summed E-state index contributed by atoms with van der Waals surface area (Å²) in [6, 6.07) is 1.96. The monoisotopic (exact) mass is 220 g/mol. The van der Waals surface area contributed by atoms with Gasteiger partial charge in [0.2, 0.25) is 0 Å². The topological polar surface area (TPSA) is 62.2 Å². The average molecular weight is 220 g/mol. The molecule has 0 atom stereocenters. The van der Waals surface area contributed by atoms with Crippen LogP contribution in [0, 0.1) is 0 Å². The first-order valence-corrected chi connectivity index (χ1v) is 3.89. The third-order valence-corrected chi connectivity index (χ3v) is 1.52. The van der Waals surface area contributed by atoms with E-state index in [1.165, 1.54) is 0 Å². The van der Waals surface area contributed by atoms with Gasteiger partial charge in [-0.05, 0) is 12.1 Å². The molecule has 2 N–H and O–H groups in total. The number of aliphatic carboxylic acids is 1. The summed E-state index contributed by atoms with van der Waals surface area (Å²) in [4.78, 5) is 13.6. The summed E-state index contributed by atoms with van der Waals surface area (Å²) in [5.41, 5.74) is -0.980. The zero-order valence-corrected chi connectivity index (χ0v) is 7.38. The van der Waals surface area contributed by atoms with Gasteiger partial charge >= 0.3 is 12.1 Å². The number of rotatable bonds is 3. The van der Waals surface area contributed by atoms with Gasteiger partial charge in [-0.3, -0.25) is 4.79 Å². The number of alkyl halides is 3. The third kappa shape index (κ3) is 3.12. The molecule has 82 valence electrons. The van der Waals surface area contributed by atoms with Gasteiger partial charge in [-0.25, -0.2) is 4.98 Å². The molecule has 4 nitrogen and oxygen atoms in total. The van der Waals surface area contributed by atoms with Crippen molar-refractivity contribution < 1.29 is 23.1 Å². The fourth-order valence-corrected chi connectivity index (χ4v) is 0.934. The number of anilines is 1. The third-order valence-electron chi connectivity index (χ3n) is 1.52. The van der Waals surface area contributed by atoms with E-state index in [-0.39, 0.29) is 0 Å². The van der Waals surface area contributed by atoms with Crippen LogP contribution in [0.1, 0.15) is 5.56 Å². The summed E-state index contributed by atoms with van der Waals surface area (Å²) in [5, 5.41) is 10.4. The van der Waals surface area contributed by atoms with Gasteiger partial charge in [-0.15, -0.1) is 0 Å². The molecule has 0 unspecified atom stereocenters. The first-order chi connectivity index (χ1) is 6.91. The van der Waals surface area contributed by atoms with E-state index in [4.69, 9.17) is 5.11 Å². The van der Waals surface area contributed by atoms with E-state index in [0.717, 1.165) is 18.3 Å². The quantitative estimate of drug-likeness (QED) is 0.812. The summed E-state index contributed by atoms with van der Waals surface area (Å²) >= 11 is 0. The van der Waals surface area contributed by atoms with Crippen molar-refractivity contribution in [3.63, 3.8) is 0 Å². The van der Waals surface area contributed by atoms with Crippen molar-refractivity contribution in [2.45, 2.75) is 6.18 Å². The molecule has 0 bridgehead atoms. The lowest BCUT2D eigenvalue weighted by Gasteiger charge is -2.11. The molecule has 0 fully saturated rings. The fourth-order valence-electron chi connectivity index (χ4n) is 0.934. The van der Waals surface area contributed by atoms with Crippen LogP contribution in [0.3, 0.4) is 0 Å². The number of nitrogens with zero attached hydrogens (tertiary/aromatic N) is 1. The van der Waals surface area contributed by atoms with Crippen LogP contribution in [0.5, 0.6) is 0 Å². The van der Waals surface area contributed by atoms with Crippen molar-refractivity contribution in [2.75, 3.05) is 11.9 Å². The van der Waals surface area contributed by atoms with Crippen LogP contribution >= 0.6 is 0 Å². The number of hydrogen-bond donors (Lipinski definition) is 2. The highest BCUT2D eigenvalue weighted by Crippen LogP contribution is 2.33. The van der Waals surface area contributed by atoms with E-state index in [0.29, 0.717) is 0 Å². The number of halogens is 3. The fraction of sp³-hybridized carbons (Fsp3) is 0.250. The molecule has 1 aromatic heterocycles. The van der Waals surface area contributed by atoms with Crippen LogP contribution < -0.4 is 5.32 Å². The second kappa shape index (κ2) is 4.16. The van der Waals surface area contributed by atoms with Crippen LogP contribution in [0.25, 0.3) is 0 Å². The minimum absolute atomic E-state index is 0.479. The SMILES string of the molecule is O=C(O)CNc1ncccc1C(F)(F)F. The summed E-state index contributed by atoms with van der Waals surface area (Å²) < 4.78 is 37.0. The van der Waals surface area contributed by atoms with Crippen molar-refractivity contribution in [1.29, 1.82) is 0 Å². The minimum Gasteiger partial charge on any atom is -0.480 e. The Kier molecular flexibility index (Phi) is 3.13. The molecule has 0 aliphatic heterocycles. The van der Waals surface area contributed by atoms with Crippen LogP contribution in [0.15, 0.2) is 18.3 Å². The predicted octanol–water partition coefficient (Wildman–Crippen LogP) is 1.60. The first kappa shape index (κ1) is 11.3. The lowest BCUT2D eigenvalue weighted by molar-refractivity contribution is -0.138. The van der Waals surface area contributed by atoms with E-state index in [9.17, 15) is 18.0 Å². The number of carbonyl (C=O) groups is 1. The second-order valence-corrected chi connectivity index (χ2v) is 2.64.